The number of carbonyl (C=O) groups excluding carboxylic acids is 2. The number of ether oxygens (including phenoxy) is 1. The molecule has 7 heteroatoms. The molecular formula is C20H16Cl2INO3. The number of nitrogens with zero attached hydrogens (tertiary/aromatic N) is 1. The first-order valence-electron chi connectivity index (χ1n) is 8.11. The van der Waals surface area contributed by atoms with Crippen LogP contribution in [0.5, 0.6) is 0 Å². The van der Waals surface area contributed by atoms with Gasteiger partial charge in [0.25, 0.3) is 5.91 Å². The Bertz CT molecular complexity index is 980. The molecule has 2 amide bonds. The maximum atomic E-state index is 13.1. The minimum atomic E-state index is -0.736. The van der Waals surface area contributed by atoms with Crippen LogP contribution in [0.15, 0.2) is 36.4 Å². The summed E-state index contributed by atoms with van der Waals surface area (Å²) in [6.07, 6.45) is 0.993. The number of fused-ring (bicyclic) bond motifs is 1. The Kier molecular flexibility index (Phi) is 5.57. The van der Waals surface area contributed by atoms with Crippen LogP contribution in [0.3, 0.4) is 0 Å². The molecule has 27 heavy (non-hydrogen) atoms. The highest BCUT2D eigenvalue weighted by molar-refractivity contribution is 14.1. The molecule has 1 aliphatic rings. The zero-order valence-corrected chi connectivity index (χ0v) is 18.5. The topological polar surface area (TPSA) is 46.6 Å². The minimum absolute atomic E-state index is 0.382. The molecule has 2 aromatic carbocycles. The van der Waals surface area contributed by atoms with E-state index >= 15 is 0 Å². The monoisotopic (exact) mass is 515 g/mol. The molecule has 0 fully saturated rings. The van der Waals surface area contributed by atoms with Crippen molar-refractivity contribution in [2.24, 2.45) is 0 Å². The van der Waals surface area contributed by atoms with Crippen molar-refractivity contribution in [3.8, 4) is 0 Å². The second-order valence-corrected chi connectivity index (χ2v) is 9.04. The number of carbonyl (C=O) groups is 2. The molecule has 0 bridgehead atoms. The van der Waals surface area contributed by atoms with Crippen molar-refractivity contribution in [2.45, 2.75) is 26.4 Å². The molecule has 0 saturated heterocycles. The highest BCUT2D eigenvalue weighted by Gasteiger charge is 2.39. The number of hydrogen-bond donors (Lipinski definition) is 0. The number of benzene rings is 2. The number of anilines is 1. The summed E-state index contributed by atoms with van der Waals surface area (Å²) in [6, 6.07) is 10.4. The molecule has 140 valence electrons. The van der Waals surface area contributed by atoms with Gasteiger partial charge in [0.05, 0.1) is 11.3 Å². The lowest BCUT2D eigenvalue weighted by molar-refractivity contribution is -0.112. The van der Waals surface area contributed by atoms with Gasteiger partial charge < -0.3 is 4.74 Å². The first-order valence-corrected chi connectivity index (χ1v) is 9.94. The molecule has 0 atom stereocenters. The molecule has 2 aromatic rings. The van der Waals surface area contributed by atoms with Crippen molar-refractivity contribution in [2.75, 3.05) is 4.90 Å². The van der Waals surface area contributed by atoms with Gasteiger partial charge in [-0.2, -0.15) is 0 Å². The fourth-order valence-electron chi connectivity index (χ4n) is 2.67. The van der Waals surface area contributed by atoms with Crippen LogP contribution < -0.4 is 4.90 Å². The number of halogens is 3. The number of imide groups is 1. The Morgan fingerprint density at radius 3 is 2.41 bits per heavy atom. The average Bonchev–Trinajstić information content (AvgIpc) is 2.80. The SMILES string of the molecule is CC(C)(C)OC(=O)N1C(=O)C(=Cc2cc(Cl)ccc2I)c2ccc(Cl)cc21. The predicted octanol–water partition coefficient (Wildman–Crippen LogP) is 6.42. The van der Waals surface area contributed by atoms with Crippen LogP contribution in [0.4, 0.5) is 10.5 Å². The molecule has 0 spiro atoms. The molecule has 0 N–H and O–H groups in total. The van der Waals surface area contributed by atoms with Crippen LogP contribution in [-0.4, -0.2) is 17.6 Å². The number of amides is 2. The van der Waals surface area contributed by atoms with Crippen LogP contribution in [-0.2, 0) is 9.53 Å². The Labute approximate surface area is 181 Å². The zero-order chi connectivity index (χ0) is 19.9. The number of hydrogen-bond acceptors (Lipinski definition) is 3. The molecule has 0 saturated carbocycles. The van der Waals surface area contributed by atoms with Crippen LogP contribution in [0.2, 0.25) is 10.0 Å². The number of rotatable bonds is 1. The summed E-state index contributed by atoms with van der Waals surface area (Å²) in [4.78, 5) is 26.8. The van der Waals surface area contributed by atoms with Crippen molar-refractivity contribution in [3.05, 3.63) is 61.1 Å². The lowest BCUT2D eigenvalue weighted by atomic mass is 10.0. The van der Waals surface area contributed by atoms with E-state index in [-0.39, 0.29) is 0 Å². The van der Waals surface area contributed by atoms with E-state index in [0.29, 0.717) is 26.9 Å². The summed E-state index contributed by atoms with van der Waals surface area (Å²) < 4.78 is 6.34. The van der Waals surface area contributed by atoms with Gasteiger partial charge in [0.15, 0.2) is 0 Å². The smallest absolute Gasteiger partial charge is 0.422 e. The largest absolute Gasteiger partial charge is 0.443 e. The molecule has 3 rings (SSSR count). The van der Waals surface area contributed by atoms with Gasteiger partial charge in [-0.05, 0) is 85.3 Å². The third kappa shape index (κ3) is 4.31. The van der Waals surface area contributed by atoms with E-state index in [1.807, 2.05) is 6.07 Å². The quantitative estimate of drug-likeness (QED) is 0.325. The molecular weight excluding hydrogens is 500 g/mol. The standard InChI is InChI=1S/C20H16Cl2INO3/c1-20(2,3)27-19(26)24-17-10-13(22)4-6-14(17)15(18(24)25)9-11-8-12(21)5-7-16(11)23/h4-10H,1-3H3. The molecule has 0 aliphatic carbocycles. The summed E-state index contributed by atoms with van der Waals surface area (Å²) in [5, 5.41) is 0.988. The van der Waals surface area contributed by atoms with Gasteiger partial charge in [-0.25, -0.2) is 9.69 Å². The van der Waals surface area contributed by atoms with E-state index in [9.17, 15) is 9.59 Å². The lowest BCUT2D eigenvalue weighted by Gasteiger charge is -2.23. The highest BCUT2D eigenvalue weighted by Crippen LogP contribution is 2.40. The zero-order valence-electron chi connectivity index (χ0n) is 14.8. The molecule has 4 nitrogen and oxygen atoms in total. The second kappa shape index (κ2) is 7.45. The summed E-state index contributed by atoms with van der Waals surface area (Å²) in [6.45, 7) is 5.24. The second-order valence-electron chi connectivity index (χ2n) is 7.01. The Morgan fingerprint density at radius 1 is 1.11 bits per heavy atom. The van der Waals surface area contributed by atoms with Gasteiger partial charge in [0.2, 0.25) is 0 Å². The van der Waals surface area contributed by atoms with Gasteiger partial charge in [-0.3, -0.25) is 4.79 Å². The van der Waals surface area contributed by atoms with Crippen molar-refractivity contribution in [1.82, 2.24) is 0 Å². The third-order valence-corrected chi connectivity index (χ3v) is 5.21. The van der Waals surface area contributed by atoms with Crippen LogP contribution >= 0.6 is 45.8 Å². The fraction of sp³-hybridized carbons (Fsp3) is 0.200. The Hall–Kier alpha value is -1.57. The minimum Gasteiger partial charge on any atom is -0.443 e. The van der Waals surface area contributed by atoms with Gasteiger partial charge >= 0.3 is 6.09 Å². The molecule has 0 aromatic heterocycles. The summed E-state index contributed by atoms with van der Waals surface area (Å²) in [7, 11) is 0. The first kappa shape index (κ1) is 20.2. The molecule has 0 radical (unpaired) electrons. The van der Waals surface area contributed by atoms with Crippen molar-refractivity contribution in [3.63, 3.8) is 0 Å². The van der Waals surface area contributed by atoms with E-state index in [4.69, 9.17) is 27.9 Å². The van der Waals surface area contributed by atoms with E-state index in [2.05, 4.69) is 22.6 Å². The average molecular weight is 516 g/mol. The highest BCUT2D eigenvalue weighted by atomic mass is 127. The normalized spacial score (nSPS) is 15.3. The summed E-state index contributed by atoms with van der Waals surface area (Å²) in [5.41, 5.74) is 1.47. The van der Waals surface area contributed by atoms with E-state index in [1.54, 1.807) is 57.2 Å². The van der Waals surface area contributed by atoms with E-state index in [0.717, 1.165) is 14.0 Å². The van der Waals surface area contributed by atoms with Crippen LogP contribution in [0.25, 0.3) is 11.6 Å². The molecule has 1 aliphatic heterocycles. The molecule has 1 heterocycles. The summed E-state index contributed by atoms with van der Waals surface area (Å²) in [5.74, 6) is -0.461. The van der Waals surface area contributed by atoms with Gasteiger partial charge in [0.1, 0.15) is 5.60 Å². The van der Waals surface area contributed by atoms with Crippen LogP contribution in [0, 0.1) is 3.57 Å². The first-order chi connectivity index (χ1) is 12.6. The fourth-order valence-corrected chi connectivity index (χ4v) is 3.51. The molecule has 0 unspecified atom stereocenters. The van der Waals surface area contributed by atoms with Crippen molar-refractivity contribution >= 4 is 75.1 Å². The van der Waals surface area contributed by atoms with E-state index < -0.39 is 17.6 Å². The lowest BCUT2D eigenvalue weighted by Crippen LogP contribution is -2.38. The van der Waals surface area contributed by atoms with Gasteiger partial charge in [-0.1, -0.05) is 29.3 Å². The maximum absolute atomic E-state index is 13.1. The van der Waals surface area contributed by atoms with Crippen LogP contribution in [0.1, 0.15) is 31.9 Å². The predicted molar refractivity (Wildman–Crippen MR) is 117 cm³/mol. The Morgan fingerprint density at radius 2 is 1.74 bits per heavy atom. The maximum Gasteiger partial charge on any atom is 0.422 e. The van der Waals surface area contributed by atoms with Crippen molar-refractivity contribution < 1.29 is 14.3 Å². The summed E-state index contributed by atoms with van der Waals surface area (Å²) >= 11 is 14.4. The third-order valence-electron chi connectivity index (χ3n) is 3.76. The van der Waals surface area contributed by atoms with Gasteiger partial charge in [-0.15, -0.1) is 0 Å². The van der Waals surface area contributed by atoms with Gasteiger partial charge in [0, 0.05) is 19.2 Å². The Balaban J connectivity index is 2.13. The van der Waals surface area contributed by atoms with Crippen molar-refractivity contribution in [1.29, 1.82) is 0 Å². The van der Waals surface area contributed by atoms with E-state index in [1.165, 1.54) is 0 Å².